The molecule has 2 N–H and O–H groups in total. The fourth-order valence-electron chi connectivity index (χ4n) is 3.57. The van der Waals surface area contributed by atoms with Gasteiger partial charge in [-0.25, -0.2) is 0 Å². The first-order chi connectivity index (χ1) is 15.7. The average Bonchev–Trinajstić information content (AvgIpc) is 2.80. The van der Waals surface area contributed by atoms with E-state index in [1.807, 2.05) is 0 Å². The maximum absolute atomic E-state index is 12.0. The summed E-state index contributed by atoms with van der Waals surface area (Å²) in [6.07, 6.45) is 25.6. The Morgan fingerprint density at radius 2 is 1.53 bits per heavy atom. The van der Waals surface area contributed by atoms with Crippen LogP contribution in [-0.2, 0) is 11.3 Å². The summed E-state index contributed by atoms with van der Waals surface area (Å²) in [4.78, 5) is 12.0. The van der Waals surface area contributed by atoms with Crippen LogP contribution < -0.4 is 10.1 Å². The Morgan fingerprint density at radius 3 is 2.19 bits per heavy atom. The van der Waals surface area contributed by atoms with Crippen LogP contribution in [0.1, 0.15) is 102 Å². The Balaban J connectivity index is 1.91. The first kappa shape index (κ1) is 27.8. The number of phenols is 1. The maximum Gasteiger partial charge on any atom is 0.220 e. The van der Waals surface area contributed by atoms with E-state index in [-0.39, 0.29) is 11.7 Å². The number of amides is 1. The van der Waals surface area contributed by atoms with Crippen LogP contribution in [0.3, 0.4) is 0 Å². The van der Waals surface area contributed by atoms with Gasteiger partial charge in [0.25, 0.3) is 0 Å². The second-order valence-corrected chi connectivity index (χ2v) is 8.47. The van der Waals surface area contributed by atoms with Crippen molar-refractivity contribution in [1.29, 1.82) is 0 Å². The molecule has 0 aliphatic carbocycles. The summed E-state index contributed by atoms with van der Waals surface area (Å²) in [7, 11) is 1.52. The third-order valence-electron chi connectivity index (χ3n) is 5.59. The molecule has 0 aliphatic heterocycles. The highest BCUT2D eigenvalue weighted by Crippen LogP contribution is 2.26. The Morgan fingerprint density at radius 1 is 0.906 bits per heavy atom. The molecule has 0 aromatic heterocycles. The number of carbonyl (C=O) groups is 1. The van der Waals surface area contributed by atoms with Gasteiger partial charge in [0.15, 0.2) is 11.5 Å². The summed E-state index contributed by atoms with van der Waals surface area (Å²) >= 11 is 0. The summed E-state index contributed by atoms with van der Waals surface area (Å²) in [5.74, 6) is 0.623. The minimum atomic E-state index is 0.0830. The zero-order valence-electron chi connectivity index (χ0n) is 20.4. The number of carbonyl (C=O) groups excluding carboxylic acids is 1. The molecule has 0 bridgehead atoms. The molecule has 1 rings (SSSR count). The van der Waals surface area contributed by atoms with E-state index in [4.69, 9.17) is 4.74 Å². The lowest BCUT2D eigenvalue weighted by molar-refractivity contribution is -0.121. The van der Waals surface area contributed by atoms with Gasteiger partial charge in [-0.3, -0.25) is 4.79 Å². The molecule has 0 unspecified atom stereocenters. The van der Waals surface area contributed by atoms with E-state index < -0.39 is 0 Å². The molecule has 1 aromatic rings. The molecule has 0 heterocycles. The summed E-state index contributed by atoms with van der Waals surface area (Å²) in [5, 5.41) is 12.5. The average molecular weight is 444 g/mol. The zero-order valence-corrected chi connectivity index (χ0v) is 20.4. The number of ether oxygens (including phenoxy) is 1. The highest BCUT2D eigenvalue weighted by molar-refractivity contribution is 5.75. The van der Waals surface area contributed by atoms with Crippen LogP contribution in [0, 0.1) is 0 Å². The molecule has 1 amide bonds. The lowest BCUT2D eigenvalue weighted by Crippen LogP contribution is -2.22. The monoisotopic (exact) mass is 443 g/mol. The second kappa shape index (κ2) is 19.5. The van der Waals surface area contributed by atoms with Crippen LogP contribution in [0.4, 0.5) is 0 Å². The molecular weight excluding hydrogens is 398 g/mol. The fourth-order valence-corrected chi connectivity index (χ4v) is 3.57. The molecule has 180 valence electrons. The summed E-state index contributed by atoms with van der Waals surface area (Å²) < 4.78 is 5.09. The third-order valence-corrected chi connectivity index (χ3v) is 5.59. The topological polar surface area (TPSA) is 58.6 Å². The van der Waals surface area contributed by atoms with Crippen LogP contribution in [0.25, 0.3) is 0 Å². The van der Waals surface area contributed by atoms with Crippen molar-refractivity contribution in [1.82, 2.24) is 5.32 Å². The predicted molar refractivity (Wildman–Crippen MR) is 135 cm³/mol. The van der Waals surface area contributed by atoms with Gasteiger partial charge in [-0.2, -0.15) is 0 Å². The second-order valence-electron chi connectivity index (χ2n) is 8.47. The number of hydrogen-bond acceptors (Lipinski definition) is 3. The molecule has 0 aliphatic rings. The largest absolute Gasteiger partial charge is 0.504 e. The molecule has 0 atom stereocenters. The predicted octanol–water partition coefficient (Wildman–Crippen LogP) is 7.61. The van der Waals surface area contributed by atoms with Gasteiger partial charge in [0.2, 0.25) is 5.91 Å². The number of nitrogens with one attached hydrogen (secondary N) is 1. The number of allylic oxidation sites excluding steroid dienone is 4. The number of hydrogen-bond donors (Lipinski definition) is 2. The highest BCUT2D eigenvalue weighted by atomic mass is 16.5. The lowest BCUT2D eigenvalue weighted by Gasteiger charge is -2.08. The highest BCUT2D eigenvalue weighted by Gasteiger charge is 2.05. The number of methoxy groups -OCH3 is 1. The van der Waals surface area contributed by atoms with Gasteiger partial charge >= 0.3 is 0 Å². The molecule has 0 saturated heterocycles. The van der Waals surface area contributed by atoms with Gasteiger partial charge in [0, 0.05) is 13.0 Å². The van der Waals surface area contributed by atoms with Crippen molar-refractivity contribution in [2.24, 2.45) is 0 Å². The molecule has 32 heavy (non-hydrogen) atoms. The number of aromatic hydroxyl groups is 1. The molecule has 1 aromatic carbocycles. The Labute approximate surface area is 196 Å². The minimum absolute atomic E-state index is 0.0830. The number of unbranched alkanes of at least 4 members (excludes halogenated alkanes) is 10. The van der Waals surface area contributed by atoms with E-state index in [0.717, 1.165) is 24.8 Å². The molecular formula is C28H45NO3. The van der Waals surface area contributed by atoms with Crippen molar-refractivity contribution < 1.29 is 14.6 Å². The molecule has 0 spiro atoms. The number of rotatable bonds is 19. The van der Waals surface area contributed by atoms with Crippen molar-refractivity contribution in [2.75, 3.05) is 7.11 Å². The summed E-state index contributed by atoms with van der Waals surface area (Å²) in [6.45, 7) is 2.70. The van der Waals surface area contributed by atoms with E-state index >= 15 is 0 Å². The van der Waals surface area contributed by atoms with Gasteiger partial charge in [-0.1, -0.05) is 82.2 Å². The maximum atomic E-state index is 12.0. The zero-order chi connectivity index (χ0) is 23.3. The smallest absolute Gasteiger partial charge is 0.220 e. The molecule has 0 fully saturated rings. The number of benzene rings is 1. The Kier molecular flexibility index (Phi) is 16.9. The van der Waals surface area contributed by atoms with Crippen LogP contribution in [0.15, 0.2) is 42.5 Å². The van der Waals surface area contributed by atoms with Crippen LogP contribution >= 0.6 is 0 Å². The quantitative estimate of drug-likeness (QED) is 0.171. The van der Waals surface area contributed by atoms with E-state index in [1.54, 1.807) is 18.2 Å². The van der Waals surface area contributed by atoms with Gasteiger partial charge < -0.3 is 15.2 Å². The van der Waals surface area contributed by atoms with E-state index in [1.165, 1.54) is 71.3 Å². The molecule has 0 saturated carbocycles. The Hall–Kier alpha value is -2.23. The van der Waals surface area contributed by atoms with Crippen molar-refractivity contribution in [3.63, 3.8) is 0 Å². The van der Waals surface area contributed by atoms with Crippen molar-refractivity contribution in [2.45, 2.75) is 103 Å². The van der Waals surface area contributed by atoms with Crippen molar-refractivity contribution in [3.8, 4) is 11.5 Å². The van der Waals surface area contributed by atoms with Crippen molar-refractivity contribution in [3.05, 3.63) is 48.1 Å². The van der Waals surface area contributed by atoms with E-state index in [9.17, 15) is 9.90 Å². The fraction of sp³-hybridized carbons (Fsp3) is 0.607. The number of phenolic OH excluding ortho intramolecular Hbond substituents is 1. The first-order valence-electron chi connectivity index (χ1n) is 12.6. The van der Waals surface area contributed by atoms with Gasteiger partial charge in [0.05, 0.1) is 7.11 Å². The molecule has 4 nitrogen and oxygen atoms in total. The van der Waals surface area contributed by atoms with Gasteiger partial charge in [-0.05, 0) is 56.2 Å². The van der Waals surface area contributed by atoms with Crippen LogP contribution in [0.2, 0.25) is 0 Å². The molecule has 4 heteroatoms. The first-order valence-corrected chi connectivity index (χ1v) is 12.6. The van der Waals surface area contributed by atoms with Crippen molar-refractivity contribution >= 4 is 5.91 Å². The van der Waals surface area contributed by atoms with E-state index in [2.05, 4.69) is 36.5 Å². The Bertz CT molecular complexity index is 667. The summed E-state index contributed by atoms with van der Waals surface area (Å²) in [5.41, 5.74) is 0.918. The van der Waals surface area contributed by atoms with E-state index in [0.29, 0.717) is 18.7 Å². The standard InChI is InChI=1S/C28H45NO3/c1-3-4-5-6-7-8-9-10-11-12-13-14-15-16-17-18-19-20-28(31)29-24-25-21-22-26(30)27(23-25)32-2/h7-8,10-11,21-23,30H,3-6,9,12-20,24H2,1-2H3,(H,29,31). The van der Waals surface area contributed by atoms with Gasteiger partial charge in [0.1, 0.15) is 0 Å². The lowest BCUT2D eigenvalue weighted by atomic mass is 10.1. The minimum Gasteiger partial charge on any atom is -0.504 e. The molecule has 0 radical (unpaired) electrons. The van der Waals surface area contributed by atoms with Gasteiger partial charge in [-0.15, -0.1) is 0 Å². The third kappa shape index (κ3) is 14.7. The van der Waals surface area contributed by atoms with Crippen LogP contribution in [0.5, 0.6) is 11.5 Å². The van der Waals surface area contributed by atoms with Crippen LogP contribution in [-0.4, -0.2) is 18.1 Å². The SMILES string of the molecule is CCCCCC=CCC=CCCCCCCCCCC(=O)NCc1ccc(O)c(OC)c1. The normalized spacial score (nSPS) is 11.4. The summed E-state index contributed by atoms with van der Waals surface area (Å²) in [6, 6.07) is 5.13.